The quantitative estimate of drug-likeness (QED) is 0.494. The Morgan fingerprint density at radius 3 is 2.42 bits per heavy atom. The molecule has 0 amide bonds. The van der Waals surface area contributed by atoms with Crippen molar-refractivity contribution in [2.75, 3.05) is 20.8 Å². The summed E-state index contributed by atoms with van der Waals surface area (Å²) in [5.74, 6) is 0.543. The summed E-state index contributed by atoms with van der Waals surface area (Å²) in [7, 11) is 2.96. The number of benzene rings is 2. The lowest BCUT2D eigenvalue weighted by Crippen LogP contribution is -2.61. The lowest BCUT2D eigenvalue weighted by molar-refractivity contribution is -0.0536. The monoisotopic (exact) mass is 517 g/mol. The van der Waals surface area contributed by atoms with Gasteiger partial charge in [0.15, 0.2) is 11.5 Å². The van der Waals surface area contributed by atoms with Crippen molar-refractivity contribution in [2.24, 2.45) is 0 Å². The molecule has 1 heterocycles. The van der Waals surface area contributed by atoms with Crippen LogP contribution in [0.4, 0.5) is 0 Å². The van der Waals surface area contributed by atoms with Gasteiger partial charge in [-0.25, -0.2) is 0 Å². The first-order valence-corrected chi connectivity index (χ1v) is 11.8. The minimum Gasteiger partial charge on any atom is -0.504 e. The van der Waals surface area contributed by atoms with E-state index in [1.807, 2.05) is 24.3 Å². The van der Waals surface area contributed by atoms with Crippen LogP contribution in [0.2, 0.25) is 0 Å². The third-order valence-electron chi connectivity index (χ3n) is 7.49. The molecule has 2 aliphatic carbocycles. The van der Waals surface area contributed by atoms with Gasteiger partial charge in [0.1, 0.15) is 11.9 Å². The van der Waals surface area contributed by atoms with Gasteiger partial charge < -0.3 is 29.9 Å². The van der Waals surface area contributed by atoms with Gasteiger partial charge in [0.2, 0.25) is 0 Å². The first-order chi connectivity index (χ1) is 15.8. The van der Waals surface area contributed by atoms with Gasteiger partial charge in [0, 0.05) is 34.1 Å². The molecular formula is C25H28BrNO6. The van der Waals surface area contributed by atoms with Crippen molar-refractivity contribution in [3.05, 3.63) is 68.9 Å². The molecule has 0 spiro atoms. The smallest absolute Gasteiger partial charge is 0.162 e. The molecule has 1 aliphatic heterocycles. The maximum Gasteiger partial charge on any atom is 0.162 e. The summed E-state index contributed by atoms with van der Waals surface area (Å²) in [6.45, 7) is 1.24. The summed E-state index contributed by atoms with van der Waals surface area (Å²) in [6.07, 6.45) is -2.40. The second-order valence-electron chi connectivity index (χ2n) is 9.10. The van der Waals surface area contributed by atoms with Crippen LogP contribution < -0.4 is 4.74 Å². The average Bonchev–Trinajstić information content (AvgIpc) is 2.80. The number of ether oxygens (including phenoxy) is 2. The van der Waals surface area contributed by atoms with Crippen LogP contribution in [0.1, 0.15) is 35.6 Å². The molecular weight excluding hydrogens is 490 g/mol. The number of halogens is 1. The Kier molecular flexibility index (Phi) is 5.69. The maximum absolute atomic E-state index is 11.6. The van der Waals surface area contributed by atoms with Crippen molar-refractivity contribution in [2.45, 2.75) is 49.2 Å². The van der Waals surface area contributed by atoms with E-state index in [4.69, 9.17) is 9.47 Å². The van der Waals surface area contributed by atoms with E-state index in [1.54, 1.807) is 12.1 Å². The standard InChI is InChI=1S/C25H28BrNO6/c1-32-17-8-7-15-18(23(17)31)25-9-10-27(12-13-3-5-14(26)6-4-13)20(21(15)29)19(25)24(33-2)22(30)16(28)11-25/h3-8,16,20-22,28-31H,9-12H2,1-2H3/t16-,20+,21+,22-,25-/m0/s1. The molecule has 2 bridgehead atoms. The van der Waals surface area contributed by atoms with Crippen molar-refractivity contribution in [3.8, 4) is 11.5 Å². The zero-order chi connectivity index (χ0) is 23.5. The summed E-state index contributed by atoms with van der Waals surface area (Å²) in [5, 5.41) is 44.4. The third-order valence-corrected chi connectivity index (χ3v) is 8.02. The molecule has 7 nitrogen and oxygen atoms in total. The molecule has 1 saturated heterocycles. The molecule has 2 aromatic rings. The van der Waals surface area contributed by atoms with Gasteiger partial charge in [-0.1, -0.05) is 34.1 Å². The number of aliphatic hydroxyl groups excluding tert-OH is 3. The summed E-state index contributed by atoms with van der Waals surface area (Å²) < 4.78 is 12.0. The molecule has 2 aromatic carbocycles. The largest absolute Gasteiger partial charge is 0.504 e. The lowest BCUT2D eigenvalue weighted by atomic mass is 9.54. The van der Waals surface area contributed by atoms with Crippen molar-refractivity contribution >= 4 is 15.9 Å². The Morgan fingerprint density at radius 2 is 1.76 bits per heavy atom. The minimum absolute atomic E-state index is 0.0367. The zero-order valence-corrected chi connectivity index (χ0v) is 20.1. The Hall–Kier alpha value is -2.10. The number of phenolic OH excluding ortho intramolecular Hbond substituents is 1. The first-order valence-electron chi connectivity index (χ1n) is 11.0. The molecule has 0 aromatic heterocycles. The Morgan fingerprint density at radius 1 is 1.03 bits per heavy atom. The van der Waals surface area contributed by atoms with Crippen LogP contribution in [0.3, 0.4) is 0 Å². The van der Waals surface area contributed by atoms with E-state index in [0.29, 0.717) is 36.4 Å². The maximum atomic E-state index is 11.6. The van der Waals surface area contributed by atoms with E-state index < -0.39 is 29.8 Å². The number of nitrogens with zero attached hydrogens (tertiary/aromatic N) is 1. The van der Waals surface area contributed by atoms with E-state index in [1.165, 1.54) is 14.2 Å². The Bertz CT molecular complexity index is 1100. The number of rotatable bonds is 4. The molecule has 0 radical (unpaired) electrons. The van der Waals surface area contributed by atoms with Gasteiger partial charge in [-0.05, 0) is 42.2 Å². The first kappa shape index (κ1) is 22.7. The summed E-state index contributed by atoms with van der Waals surface area (Å²) >= 11 is 3.47. The summed E-state index contributed by atoms with van der Waals surface area (Å²) in [6, 6.07) is 11.0. The van der Waals surface area contributed by atoms with Gasteiger partial charge in [-0.15, -0.1) is 0 Å². The van der Waals surface area contributed by atoms with E-state index >= 15 is 0 Å². The minimum atomic E-state index is -1.20. The molecule has 0 unspecified atom stereocenters. The van der Waals surface area contributed by atoms with Crippen molar-refractivity contribution in [3.63, 3.8) is 0 Å². The molecule has 4 N–H and O–H groups in total. The highest BCUT2D eigenvalue weighted by Gasteiger charge is 2.60. The highest BCUT2D eigenvalue weighted by Crippen LogP contribution is 2.61. The molecule has 0 saturated carbocycles. The highest BCUT2D eigenvalue weighted by molar-refractivity contribution is 9.10. The SMILES string of the molecule is COC1=C2[C@@H]3[C@H](O)c4ccc(OC)c(O)c4[C@]2(CCN3Cc2ccc(Br)cc2)C[C@H](O)[C@@H]1O. The number of hydrogen-bond donors (Lipinski definition) is 4. The predicted octanol–water partition coefficient (Wildman–Crippen LogP) is 2.75. The molecule has 33 heavy (non-hydrogen) atoms. The third kappa shape index (κ3) is 3.31. The number of aliphatic hydroxyl groups is 3. The van der Waals surface area contributed by atoms with Crippen LogP contribution in [-0.2, 0) is 16.7 Å². The second-order valence-corrected chi connectivity index (χ2v) is 10.0. The normalized spacial score (nSPS) is 31.1. The fourth-order valence-corrected chi connectivity index (χ4v) is 6.36. The van der Waals surface area contributed by atoms with Gasteiger partial charge in [0.25, 0.3) is 0 Å². The van der Waals surface area contributed by atoms with Crippen molar-refractivity contribution < 1.29 is 29.9 Å². The Balaban J connectivity index is 1.72. The number of fused-ring (bicyclic) bond motifs is 1. The van der Waals surface area contributed by atoms with E-state index in [2.05, 4.69) is 20.8 Å². The molecule has 5 rings (SSSR count). The molecule has 5 atom stereocenters. The van der Waals surface area contributed by atoms with Gasteiger partial charge in [0.05, 0.1) is 32.5 Å². The Labute approximate surface area is 201 Å². The number of likely N-dealkylation sites (tertiary alicyclic amines) is 1. The van der Waals surface area contributed by atoms with Gasteiger partial charge >= 0.3 is 0 Å². The van der Waals surface area contributed by atoms with E-state index in [9.17, 15) is 20.4 Å². The van der Waals surface area contributed by atoms with E-state index in [0.717, 1.165) is 15.6 Å². The van der Waals surface area contributed by atoms with Crippen molar-refractivity contribution in [1.29, 1.82) is 0 Å². The van der Waals surface area contributed by atoms with Crippen molar-refractivity contribution in [1.82, 2.24) is 4.90 Å². The lowest BCUT2D eigenvalue weighted by Gasteiger charge is -2.58. The average molecular weight is 518 g/mol. The topological polar surface area (TPSA) is 103 Å². The van der Waals surface area contributed by atoms with E-state index in [-0.39, 0.29) is 17.9 Å². The fourth-order valence-electron chi connectivity index (χ4n) is 6.09. The van der Waals surface area contributed by atoms with Crippen LogP contribution in [-0.4, -0.2) is 64.3 Å². The highest BCUT2D eigenvalue weighted by atomic mass is 79.9. The fraction of sp³-hybridized carbons (Fsp3) is 0.440. The molecule has 8 heteroatoms. The predicted molar refractivity (Wildman–Crippen MR) is 125 cm³/mol. The zero-order valence-electron chi connectivity index (χ0n) is 18.5. The van der Waals surface area contributed by atoms with Crippen LogP contribution in [0.25, 0.3) is 0 Å². The van der Waals surface area contributed by atoms with Crippen LogP contribution >= 0.6 is 15.9 Å². The van der Waals surface area contributed by atoms with Gasteiger partial charge in [-0.3, -0.25) is 4.90 Å². The van der Waals surface area contributed by atoms with Gasteiger partial charge in [-0.2, -0.15) is 0 Å². The molecule has 1 fully saturated rings. The second kappa shape index (κ2) is 8.29. The van der Waals surface area contributed by atoms with Crippen LogP contribution in [0, 0.1) is 0 Å². The summed E-state index contributed by atoms with van der Waals surface area (Å²) in [5.41, 5.74) is 2.22. The number of methoxy groups -OCH3 is 2. The molecule has 176 valence electrons. The summed E-state index contributed by atoms with van der Waals surface area (Å²) in [4.78, 5) is 2.19. The number of hydrogen-bond acceptors (Lipinski definition) is 7. The molecule has 3 aliphatic rings. The number of piperidine rings is 1. The van der Waals surface area contributed by atoms with Crippen LogP contribution in [0.5, 0.6) is 11.5 Å². The van der Waals surface area contributed by atoms with Crippen LogP contribution in [0.15, 0.2) is 52.2 Å². The number of aromatic hydroxyl groups is 1. The number of phenols is 1.